The number of benzene rings is 1. The normalized spacial score (nSPS) is 11.6. The van der Waals surface area contributed by atoms with E-state index in [-0.39, 0.29) is 0 Å². The molecule has 4 heteroatoms. The molecule has 0 spiro atoms. The first kappa shape index (κ1) is 16.5. The second kappa shape index (κ2) is 7.39. The Morgan fingerprint density at radius 2 is 1.90 bits per heavy atom. The number of nitrogens with zero attached hydrogens (tertiary/aromatic N) is 1. The molecule has 0 aliphatic carbocycles. The predicted molar refractivity (Wildman–Crippen MR) is 92.4 cm³/mol. The number of hydrogen-bond acceptors (Lipinski definition) is 3. The summed E-state index contributed by atoms with van der Waals surface area (Å²) in [6, 6.07) is 8.49. The van der Waals surface area contributed by atoms with Gasteiger partial charge in [0.15, 0.2) is 0 Å². The Hall–Kier alpha value is -0.900. The molecule has 0 amide bonds. The summed E-state index contributed by atoms with van der Waals surface area (Å²) in [5, 5.41) is 5.46. The van der Waals surface area contributed by atoms with E-state index in [1.165, 1.54) is 10.6 Å². The van der Waals surface area contributed by atoms with Crippen molar-refractivity contribution < 1.29 is 0 Å². The molecule has 0 saturated heterocycles. The molecule has 1 aromatic carbocycles. The van der Waals surface area contributed by atoms with Gasteiger partial charge in [0.05, 0.1) is 10.7 Å². The fraction of sp³-hybridized carbons (Fsp3) is 0.471. The lowest BCUT2D eigenvalue weighted by Gasteiger charge is -2.09. The van der Waals surface area contributed by atoms with Crippen molar-refractivity contribution in [1.29, 1.82) is 0 Å². The highest BCUT2D eigenvalue weighted by Gasteiger charge is 2.15. The Labute approximate surface area is 136 Å². The summed E-state index contributed by atoms with van der Waals surface area (Å²) in [7, 11) is 0. The van der Waals surface area contributed by atoms with Gasteiger partial charge in [0, 0.05) is 28.9 Å². The molecule has 0 radical (unpaired) electrons. The highest BCUT2D eigenvalue weighted by Crippen LogP contribution is 2.28. The predicted octanol–water partition coefficient (Wildman–Crippen LogP) is 5.01. The van der Waals surface area contributed by atoms with E-state index in [4.69, 9.17) is 16.6 Å². The molecule has 2 nitrogen and oxygen atoms in total. The fourth-order valence-electron chi connectivity index (χ4n) is 2.17. The quantitative estimate of drug-likeness (QED) is 0.808. The van der Waals surface area contributed by atoms with Gasteiger partial charge in [0.25, 0.3) is 0 Å². The first-order valence-corrected chi connectivity index (χ1v) is 8.62. The summed E-state index contributed by atoms with van der Waals surface area (Å²) >= 11 is 8.05. The van der Waals surface area contributed by atoms with Crippen molar-refractivity contribution in [3.05, 3.63) is 50.4 Å². The van der Waals surface area contributed by atoms with Crippen LogP contribution in [0.25, 0.3) is 0 Å². The zero-order valence-corrected chi connectivity index (χ0v) is 14.7. The Morgan fingerprint density at radius 3 is 2.52 bits per heavy atom. The van der Waals surface area contributed by atoms with Crippen LogP contribution in [0.1, 0.15) is 54.8 Å². The lowest BCUT2D eigenvalue weighted by molar-refractivity contribution is 0.588. The van der Waals surface area contributed by atoms with E-state index < -0.39 is 0 Å². The minimum Gasteiger partial charge on any atom is -0.310 e. The van der Waals surface area contributed by atoms with Gasteiger partial charge >= 0.3 is 0 Å². The van der Waals surface area contributed by atoms with E-state index in [1.807, 2.05) is 18.2 Å². The molecule has 0 saturated carbocycles. The van der Waals surface area contributed by atoms with Crippen LogP contribution in [0.5, 0.6) is 0 Å². The number of aromatic nitrogens is 1. The fourth-order valence-corrected chi connectivity index (χ4v) is 3.57. The van der Waals surface area contributed by atoms with E-state index in [9.17, 15) is 0 Å². The summed E-state index contributed by atoms with van der Waals surface area (Å²) in [6.45, 7) is 9.63. The number of halogens is 1. The van der Waals surface area contributed by atoms with Crippen LogP contribution in [0.15, 0.2) is 24.3 Å². The Morgan fingerprint density at radius 1 is 1.19 bits per heavy atom. The lowest BCUT2D eigenvalue weighted by Crippen LogP contribution is -2.22. The van der Waals surface area contributed by atoms with Crippen LogP contribution < -0.4 is 5.32 Å². The van der Waals surface area contributed by atoms with Crippen LogP contribution in [-0.2, 0) is 13.0 Å². The third-order valence-electron chi connectivity index (χ3n) is 3.29. The van der Waals surface area contributed by atoms with Crippen molar-refractivity contribution in [1.82, 2.24) is 10.3 Å². The van der Waals surface area contributed by atoms with E-state index in [1.54, 1.807) is 11.3 Å². The van der Waals surface area contributed by atoms with Crippen molar-refractivity contribution in [2.45, 2.75) is 52.6 Å². The molecule has 0 unspecified atom stereocenters. The van der Waals surface area contributed by atoms with E-state index in [2.05, 4.69) is 39.1 Å². The maximum atomic E-state index is 6.25. The van der Waals surface area contributed by atoms with E-state index in [0.717, 1.165) is 28.6 Å². The van der Waals surface area contributed by atoms with Crippen LogP contribution in [0.4, 0.5) is 0 Å². The van der Waals surface area contributed by atoms with Crippen molar-refractivity contribution in [3.63, 3.8) is 0 Å². The smallest absolute Gasteiger partial charge is 0.0976 e. The minimum absolute atomic E-state index is 0.449. The maximum Gasteiger partial charge on any atom is 0.0976 e. The third-order valence-corrected chi connectivity index (χ3v) is 4.73. The zero-order chi connectivity index (χ0) is 15.4. The lowest BCUT2D eigenvalue weighted by atomic mass is 10.1. The number of rotatable bonds is 6. The first-order chi connectivity index (χ1) is 9.97. The highest BCUT2D eigenvalue weighted by atomic mass is 35.5. The van der Waals surface area contributed by atoms with Gasteiger partial charge in [0.1, 0.15) is 0 Å². The standard InChI is InChI=1S/C17H23ClN2S/c1-11(2)17-15(10-19-12(3)4)21-16(20-17)9-13-7-5-6-8-14(13)18/h5-8,11-12,19H,9-10H2,1-4H3. The van der Waals surface area contributed by atoms with Gasteiger partial charge in [-0.15, -0.1) is 11.3 Å². The van der Waals surface area contributed by atoms with Crippen molar-refractivity contribution in [3.8, 4) is 0 Å². The second-order valence-electron chi connectivity index (χ2n) is 5.87. The molecule has 114 valence electrons. The minimum atomic E-state index is 0.449. The van der Waals surface area contributed by atoms with Crippen LogP contribution in [0.2, 0.25) is 5.02 Å². The maximum absolute atomic E-state index is 6.25. The Kier molecular flexibility index (Phi) is 5.80. The van der Waals surface area contributed by atoms with Crippen molar-refractivity contribution in [2.24, 2.45) is 0 Å². The summed E-state index contributed by atoms with van der Waals surface area (Å²) in [5.41, 5.74) is 2.36. The SMILES string of the molecule is CC(C)NCc1sc(Cc2ccccc2Cl)nc1C(C)C. The number of nitrogens with one attached hydrogen (secondary N) is 1. The van der Waals surface area contributed by atoms with Gasteiger partial charge < -0.3 is 5.32 Å². The number of hydrogen-bond donors (Lipinski definition) is 1. The summed E-state index contributed by atoms with van der Waals surface area (Å²) in [6.07, 6.45) is 0.811. The molecule has 0 bridgehead atoms. The largest absolute Gasteiger partial charge is 0.310 e. The monoisotopic (exact) mass is 322 g/mol. The molecule has 2 rings (SSSR count). The van der Waals surface area contributed by atoms with Gasteiger partial charge in [0.2, 0.25) is 0 Å². The van der Waals surface area contributed by atoms with E-state index in [0.29, 0.717) is 12.0 Å². The average molecular weight is 323 g/mol. The van der Waals surface area contributed by atoms with Crippen molar-refractivity contribution >= 4 is 22.9 Å². The van der Waals surface area contributed by atoms with Crippen molar-refractivity contribution in [2.75, 3.05) is 0 Å². The molecule has 0 aliphatic heterocycles. The molecule has 0 aliphatic rings. The Balaban J connectivity index is 2.21. The molecule has 0 atom stereocenters. The molecule has 2 aromatic rings. The highest BCUT2D eigenvalue weighted by molar-refractivity contribution is 7.11. The molecule has 1 aromatic heterocycles. The topological polar surface area (TPSA) is 24.9 Å². The molecule has 1 heterocycles. The molecule has 0 fully saturated rings. The average Bonchev–Trinajstić information content (AvgIpc) is 2.82. The Bertz CT molecular complexity index is 590. The molecular formula is C17H23ClN2S. The number of thiazole rings is 1. The van der Waals surface area contributed by atoms with E-state index >= 15 is 0 Å². The van der Waals surface area contributed by atoms with Crippen LogP contribution >= 0.6 is 22.9 Å². The summed E-state index contributed by atoms with van der Waals surface area (Å²) < 4.78 is 0. The van der Waals surface area contributed by atoms with Gasteiger partial charge in [-0.05, 0) is 17.5 Å². The van der Waals surface area contributed by atoms with Crippen LogP contribution in [0, 0.1) is 0 Å². The zero-order valence-electron chi connectivity index (χ0n) is 13.1. The third kappa shape index (κ3) is 4.53. The van der Waals surface area contributed by atoms with Gasteiger partial charge in [-0.3, -0.25) is 0 Å². The van der Waals surface area contributed by atoms with Crippen LogP contribution in [-0.4, -0.2) is 11.0 Å². The summed E-state index contributed by atoms with van der Waals surface area (Å²) in [4.78, 5) is 6.19. The van der Waals surface area contributed by atoms with Crippen LogP contribution in [0.3, 0.4) is 0 Å². The second-order valence-corrected chi connectivity index (χ2v) is 7.45. The molecular weight excluding hydrogens is 300 g/mol. The first-order valence-electron chi connectivity index (χ1n) is 7.42. The van der Waals surface area contributed by atoms with Gasteiger partial charge in [-0.1, -0.05) is 57.5 Å². The summed E-state index contributed by atoms with van der Waals surface area (Å²) in [5.74, 6) is 0.449. The van der Waals surface area contributed by atoms with Gasteiger partial charge in [-0.25, -0.2) is 4.98 Å². The molecule has 1 N–H and O–H groups in total. The molecule has 21 heavy (non-hydrogen) atoms. The van der Waals surface area contributed by atoms with Gasteiger partial charge in [-0.2, -0.15) is 0 Å².